The highest BCUT2D eigenvalue weighted by molar-refractivity contribution is 9.18. The third-order valence-corrected chi connectivity index (χ3v) is 5.86. The van der Waals surface area contributed by atoms with Crippen molar-refractivity contribution in [2.45, 2.75) is 6.92 Å². The lowest BCUT2D eigenvalue weighted by Crippen LogP contribution is -2.50. The molecule has 2 aliphatic rings. The largest absolute Gasteiger partial charge is 0.738 e. The first-order valence-electron chi connectivity index (χ1n) is 7.22. The summed E-state index contributed by atoms with van der Waals surface area (Å²) in [6.45, 7) is -2.06. The van der Waals surface area contributed by atoms with Gasteiger partial charge in [0.25, 0.3) is 0 Å². The van der Waals surface area contributed by atoms with Gasteiger partial charge in [0.1, 0.15) is 0 Å². The quantitative estimate of drug-likeness (QED) is 0.477. The number of halogens is 5. The van der Waals surface area contributed by atoms with E-state index in [-0.39, 0.29) is 0 Å². The predicted molar refractivity (Wildman–Crippen MR) is 101 cm³/mol. The van der Waals surface area contributed by atoms with Crippen molar-refractivity contribution in [2.75, 3.05) is 0 Å². The molecule has 0 spiro atoms. The molecule has 0 saturated carbocycles. The number of aromatic nitrogens is 1. The van der Waals surface area contributed by atoms with Crippen LogP contribution in [0.3, 0.4) is 0 Å². The van der Waals surface area contributed by atoms with E-state index in [0.29, 0.717) is 25.6 Å². The second-order valence-corrected chi connectivity index (χ2v) is 7.81. The molecule has 3 heterocycles. The summed E-state index contributed by atoms with van der Waals surface area (Å²) < 4.78 is 33.1. The van der Waals surface area contributed by atoms with Crippen LogP contribution in [0, 0.1) is 6.92 Å². The molecule has 8 heteroatoms. The molecule has 0 saturated heterocycles. The molecule has 0 radical (unpaired) electrons. The van der Waals surface area contributed by atoms with Crippen LogP contribution >= 0.6 is 43.5 Å². The minimum atomic E-state index is -3.99. The van der Waals surface area contributed by atoms with Gasteiger partial charge in [-0.2, -0.15) is 0 Å². The first-order chi connectivity index (χ1) is 11.3. The van der Waals surface area contributed by atoms with Crippen LogP contribution in [0.15, 0.2) is 52.8 Å². The Labute approximate surface area is 159 Å². The van der Waals surface area contributed by atoms with Crippen molar-refractivity contribution in [2.24, 2.45) is 0 Å². The Morgan fingerprint density at radius 2 is 1.88 bits per heavy atom. The second-order valence-electron chi connectivity index (χ2n) is 5.75. The van der Waals surface area contributed by atoms with Crippen LogP contribution in [0.1, 0.15) is 16.8 Å². The summed E-state index contributed by atoms with van der Waals surface area (Å²) in [7, 11) is 0. The van der Waals surface area contributed by atoms with Crippen LogP contribution in [0.25, 0.3) is 5.57 Å². The molecule has 2 nitrogen and oxygen atoms in total. The molecule has 122 valence electrons. The van der Waals surface area contributed by atoms with Crippen LogP contribution in [-0.2, 0) is 0 Å². The third kappa shape index (κ3) is 2.14. The fourth-order valence-corrected chi connectivity index (χ4v) is 4.68. The molecule has 0 fully saturated rings. The summed E-state index contributed by atoms with van der Waals surface area (Å²) in [6.07, 6.45) is 3.37. The molecule has 0 amide bonds. The van der Waals surface area contributed by atoms with E-state index < -0.39 is 6.97 Å². The lowest BCUT2D eigenvalue weighted by atomic mass is 9.85. The standard InChI is InChI=1S/C16H10BBr2ClF2N2/c1-9-8-10(20)2-3-11(9)16-12-4-6-14(18)23(12)17(21,22)24-13(16)5-7-15(24)19/h2-8H,1H3. The van der Waals surface area contributed by atoms with Crippen molar-refractivity contribution in [3.8, 4) is 0 Å². The molecule has 0 bridgehead atoms. The average Bonchev–Trinajstić information content (AvgIpc) is 3.06. The van der Waals surface area contributed by atoms with Gasteiger partial charge in [0.2, 0.25) is 4.62 Å². The molecule has 0 N–H and O–H groups in total. The molecule has 24 heavy (non-hydrogen) atoms. The van der Waals surface area contributed by atoms with Gasteiger partial charge in [0.15, 0.2) is 5.70 Å². The fourth-order valence-electron chi connectivity index (χ4n) is 3.32. The first kappa shape index (κ1) is 16.3. The topological polar surface area (TPSA) is 7.94 Å². The van der Waals surface area contributed by atoms with Crippen molar-refractivity contribution in [3.63, 3.8) is 0 Å². The molecule has 4 rings (SSSR count). The van der Waals surface area contributed by atoms with Crippen molar-refractivity contribution in [1.82, 2.24) is 4.48 Å². The molecule has 1 aromatic carbocycles. The van der Waals surface area contributed by atoms with E-state index in [1.54, 1.807) is 30.4 Å². The maximum absolute atomic E-state index is 15.1. The van der Waals surface area contributed by atoms with E-state index >= 15 is 8.63 Å². The van der Waals surface area contributed by atoms with E-state index in [4.69, 9.17) is 11.6 Å². The van der Waals surface area contributed by atoms with Gasteiger partial charge in [-0.05, 0) is 58.2 Å². The van der Waals surface area contributed by atoms with Crippen LogP contribution in [0.4, 0.5) is 8.63 Å². The highest BCUT2D eigenvalue weighted by atomic mass is 79.9. The predicted octanol–water partition coefficient (Wildman–Crippen LogP) is 5.58. The van der Waals surface area contributed by atoms with Crippen LogP contribution < -0.4 is 0 Å². The Hall–Kier alpha value is -1.18. The van der Waals surface area contributed by atoms with E-state index in [1.807, 2.05) is 19.1 Å². The number of hydrogen-bond acceptors (Lipinski definition) is 0. The highest BCUT2D eigenvalue weighted by Crippen LogP contribution is 2.42. The van der Waals surface area contributed by atoms with Gasteiger partial charge in [-0.1, -0.05) is 17.7 Å². The van der Waals surface area contributed by atoms with Gasteiger partial charge in [-0.3, -0.25) is 0 Å². The van der Waals surface area contributed by atoms with Crippen molar-refractivity contribution in [3.05, 3.63) is 74.6 Å². The zero-order chi connectivity index (χ0) is 17.2. The Morgan fingerprint density at radius 1 is 1.12 bits per heavy atom. The zero-order valence-corrected chi connectivity index (χ0v) is 16.3. The molecular weight excluding hydrogens is 464 g/mol. The van der Waals surface area contributed by atoms with E-state index in [1.165, 1.54) is 0 Å². The van der Waals surface area contributed by atoms with Crippen molar-refractivity contribution < 1.29 is 13.1 Å². The number of rotatable bonds is 1. The molecule has 2 aliphatic heterocycles. The van der Waals surface area contributed by atoms with E-state index in [2.05, 4.69) is 31.9 Å². The molecule has 1 aromatic heterocycles. The smallest absolute Gasteiger partial charge is 0.389 e. The lowest BCUT2D eigenvalue weighted by Gasteiger charge is -2.32. The number of aryl methyl sites for hydroxylation is 1. The monoisotopic (exact) mass is 472 g/mol. The zero-order valence-electron chi connectivity index (χ0n) is 12.4. The normalized spacial score (nSPS) is 18.2. The Morgan fingerprint density at radius 3 is 2.58 bits per heavy atom. The summed E-state index contributed by atoms with van der Waals surface area (Å²) in [5, 5.41) is 0.621. The number of hydrogen-bond donors (Lipinski definition) is 0. The number of nitrogens with zero attached hydrogens (tertiary/aromatic N) is 2. The van der Waals surface area contributed by atoms with Crippen molar-refractivity contribution >= 4 is 60.6 Å². The second kappa shape index (κ2) is 5.41. The first-order valence-corrected chi connectivity index (χ1v) is 9.19. The summed E-state index contributed by atoms with van der Waals surface area (Å²) in [5.74, 6) is 0. The van der Waals surface area contributed by atoms with Gasteiger partial charge in [0.05, 0.1) is 10.2 Å². The summed E-state index contributed by atoms with van der Waals surface area (Å²) in [5.41, 5.74) is 3.53. The van der Waals surface area contributed by atoms with Crippen LogP contribution in [-0.4, -0.2) is 20.6 Å². The number of allylic oxidation sites excluding steroid dienone is 2. The maximum atomic E-state index is 15.1. The van der Waals surface area contributed by atoms with Gasteiger partial charge >= 0.3 is 6.97 Å². The summed E-state index contributed by atoms with van der Waals surface area (Å²) in [6, 6.07) is 8.86. The summed E-state index contributed by atoms with van der Waals surface area (Å²) in [4.78, 5) is 0. The Kier molecular flexibility index (Phi) is 3.68. The van der Waals surface area contributed by atoms with E-state index in [9.17, 15) is 0 Å². The molecule has 2 aromatic rings. The number of benzene rings is 1. The third-order valence-electron chi connectivity index (χ3n) is 4.33. The molecule has 0 aliphatic carbocycles. The fraction of sp³-hybridized carbons (Fsp3) is 0.0625. The van der Waals surface area contributed by atoms with Crippen molar-refractivity contribution in [1.29, 1.82) is 0 Å². The minimum absolute atomic E-state index is 0.345. The van der Waals surface area contributed by atoms with Gasteiger partial charge in [-0.15, -0.1) is 0 Å². The van der Waals surface area contributed by atoms with Crippen LogP contribution in [0.2, 0.25) is 5.02 Å². The SMILES string of the molecule is Cc1cc(Cl)ccc1C1=C2C=CC(Br)=[N+]2[B-](F)(F)n2c(Br)ccc21. The highest BCUT2D eigenvalue weighted by Gasteiger charge is 2.54. The number of fused-ring (bicyclic) bond motifs is 2. The molecular formula is C16H10BBr2ClF2N2. The summed E-state index contributed by atoms with van der Waals surface area (Å²) >= 11 is 12.6. The molecule has 0 atom stereocenters. The Balaban J connectivity index is 2.12. The van der Waals surface area contributed by atoms with Crippen LogP contribution in [0.5, 0.6) is 0 Å². The molecule has 0 unspecified atom stereocenters. The van der Waals surface area contributed by atoms with Gasteiger partial charge < -0.3 is 17.6 Å². The van der Waals surface area contributed by atoms with E-state index in [0.717, 1.165) is 25.7 Å². The minimum Gasteiger partial charge on any atom is -0.389 e. The lowest BCUT2D eigenvalue weighted by molar-refractivity contribution is -0.358. The average molecular weight is 474 g/mol. The van der Waals surface area contributed by atoms with Gasteiger partial charge in [0, 0.05) is 38.8 Å². The maximum Gasteiger partial charge on any atom is 0.738 e. The van der Waals surface area contributed by atoms with Gasteiger partial charge in [-0.25, -0.2) is 0 Å². The Bertz CT molecular complexity index is 992.